The van der Waals surface area contributed by atoms with E-state index in [1.807, 2.05) is 24.4 Å². The summed E-state index contributed by atoms with van der Waals surface area (Å²) in [6.45, 7) is 4.43. The van der Waals surface area contributed by atoms with Crippen LogP contribution in [0.3, 0.4) is 0 Å². The molecule has 0 spiro atoms. The number of rotatable bonds is 5. The van der Waals surface area contributed by atoms with Crippen LogP contribution in [-0.4, -0.2) is 26.3 Å². The van der Waals surface area contributed by atoms with E-state index in [0.717, 1.165) is 34.9 Å². The van der Waals surface area contributed by atoms with Crippen LogP contribution < -0.4 is 0 Å². The van der Waals surface area contributed by atoms with E-state index < -0.39 is 0 Å². The molecule has 1 N–H and O–H groups in total. The first-order valence-electron chi connectivity index (χ1n) is 8.70. The van der Waals surface area contributed by atoms with Gasteiger partial charge in [0, 0.05) is 23.4 Å². The van der Waals surface area contributed by atoms with Gasteiger partial charge in [0.05, 0.1) is 5.41 Å². The minimum atomic E-state index is -0.154. The molecule has 4 rings (SSSR count). The van der Waals surface area contributed by atoms with Crippen molar-refractivity contribution in [3.8, 4) is 0 Å². The first kappa shape index (κ1) is 16.6. The summed E-state index contributed by atoms with van der Waals surface area (Å²) in [6.07, 6.45) is 4.87. The maximum atomic E-state index is 9.40. The molecule has 2 aromatic heterocycles. The topological polar surface area (TPSA) is 50.4 Å². The van der Waals surface area contributed by atoms with Gasteiger partial charge in [0.25, 0.3) is 0 Å². The zero-order valence-corrected chi connectivity index (χ0v) is 15.3. The highest BCUT2D eigenvalue weighted by atomic mass is 35.5. The predicted octanol–water partition coefficient (Wildman–Crippen LogP) is 4.12. The second-order valence-corrected chi connectivity index (χ2v) is 8.02. The molecule has 5 heteroatoms. The van der Waals surface area contributed by atoms with Crippen LogP contribution in [0.1, 0.15) is 50.1 Å². The summed E-state index contributed by atoms with van der Waals surface area (Å²) in [4.78, 5) is 0. The number of hydrogen-bond acceptors (Lipinski definition) is 3. The van der Waals surface area contributed by atoms with Crippen molar-refractivity contribution >= 4 is 17.2 Å². The van der Waals surface area contributed by atoms with E-state index in [1.54, 1.807) is 0 Å². The number of aromatic nitrogens is 3. The quantitative estimate of drug-likeness (QED) is 0.748. The summed E-state index contributed by atoms with van der Waals surface area (Å²) in [7, 11) is 0. The summed E-state index contributed by atoms with van der Waals surface area (Å²) < 4.78 is 2.12. The highest BCUT2D eigenvalue weighted by Crippen LogP contribution is 2.53. The third-order valence-electron chi connectivity index (χ3n) is 5.48. The second kappa shape index (κ2) is 5.82. The van der Waals surface area contributed by atoms with Crippen LogP contribution in [-0.2, 0) is 10.8 Å². The summed E-state index contributed by atoms with van der Waals surface area (Å²) in [6, 6.07) is 12.2. The maximum Gasteiger partial charge on any atom is 0.164 e. The molecule has 3 aromatic rings. The van der Waals surface area contributed by atoms with E-state index in [4.69, 9.17) is 11.6 Å². The molecule has 1 saturated carbocycles. The third-order valence-corrected chi connectivity index (χ3v) is 5.73. The molecule has 0 amide bonds. The van der Waals surface area contributed by atoms with E-state index in [2.05, 4.69) is 46.6 Å². The SMILES string of the molecule is CC(C)(CCO)c1cccn2c(C3(c4ccc(Cl)cc4)CC3)nnc12. The largest absolute Gasteiger partial charge is 0.396 e. The molecule has 25 heavy (non-hydrogen) atoms. The number of fused-ring (bicyclic) bond motifs is 1. The molecule has 0 radical (unpaired) electrons. The van der Waals surface area contributed by atoms with Gasteiger partial charge in [-0.05, 0) is 48.4 Å². The smallest absolute Gasteiger partial charge is 0.164 e. The number of pyridine rings is 1. The van der Waals surface area contributed by atoms with Gasteiger partial charge in [0.2, 0.25) is 0 Å². The lowest BCUT2D eigenvalue weighted by Gasteiger charge is -2.24. The predicted molar refractivity (Wildman–Crippen MR) is 99.2 cm³/mol. The molecule has 0 bridgehead atoms. The Labute approximate surface area is 152 Å². The number of halogens is 1. The maximum absolute atomic E-state index is 9.40. The minimum absolute atomic E-state index is 0.0657. The summed E-state index contributed by atoms with van der Waals surface area (Å²) >= 11 is 6.05. The Kier molecular flexibility index (Phi) is 3.85. The van der Waals surface area contributed by atoms with Crippen LogP contribution in [0.2, 0.25) is 5.02 Å². The van der Waals surface area contributed by atoms with E-state index in [1.165, 1.54) is 5.56 Å². The van der Waals surface area contributed by atoms with E-state index >= 15 is 0 Å². The van der Waals surface area contributed by atoms with E-state index in [-0.39, 0.29) is 17.4 Å². The molecular weight excluding hydrogens is 334 g/mol. The molecule has 0 atom stereocenters. The van der Waals surface area contributed by atoms with Gasteiger partial charge >= 0.3 is 0 Å². The Morgan fingerprint density at radius 1 is 1.16 bits per heavy atom. The minimum Gasteiger partial charge on any atom is -0.396 e. The fourth-order valence-corrected chi connectivity index (χ4v) is 3.85. The summed E-state index contributed by atoms with van der Waals surface area (Å²) in [5.41, 5.74) is 3.03. The monoisotopic (exact) mass is 355 g/mol. The highest BCUT2D eigenvalue weighted by molar-refractivity contribution is 6.30. The Morgan fingerprint density at radius 3 is 2.52 bits per heavy atom. The van der Waals surface area contributed by atoms with Crippen molar-refractivity contribution in [3.05, 3.63) is 64.6 Å². The number of benzene rings is 1. The Morgan fingerprint density at radius 2 is 1.88 bits per heavy atom. The summed E-state index contributed by atoms with van der Waals surface area (Å²) in [5.74, 6) is 0.992. The van der Waals surface area contributed by atoms with Crippen LogP contribution in [0.4, 0.5) is 0 Å². The fourth-order valence-electron chi connectivity index (χ4n) is 3.72. The number of nitrogens with zero attached hydrogens (tertiary/aromatic N) is 3. The number of hydrogen-bond donors (Lipinski definition) is 1. The molecule has 130 valence electrons. The van der Waals surface area contributed by atoms with Gasteiger partial charge in [-0.15, -0.1) is 10.2 Å². The Hall–Kier alpha value is -1.91. The summed E-state index contributed by atoms with van der Waals surface area (Å²) in [5, 5.41) is 19.2. The Balaban J connectivity index is 1.84. The van der Waals surface area contributed by atoms with Gasteiger partial charge in [-0.3, -0.25) is 4.40 Å². The molecule has 1 aliphatic carbocycles. The van der Waals surface area contributed by atoms with E-state index in [0.29, 0.717) is 6.42 Å². The number of aliphatic hydroxyl groups is 1. The van der Waals surface area contributed by atoms with Crippen molar-refractivity contribution in [1.29, 1.82) is 0 Å². The molecule has 1 fully saturated rings. The third kappa shape index (κ3) is 2.64. The molecule has 2 heterocycles. The van der Waals surface area contributed by atoms with Gasteiger partial charge in [0.15, 0.2) is 5.65 Å². The first-order valence-corrected chi connectivity index (χ1v) is 9.07. The van der Waals surface area contributed by atoms with Crippen LogP contribution >= 0.6 is 11.6 Å². The average molecular weight is 356 g/mol. The first-order chi connectivity index (χ1) is 12.0. The number of aliphatic hydroxyl groups excluding tert-OH is 1. The lowest BCUT2D eigenvalue weighted by molar-refractivity contribution is 0.252. The van der Waals surface area contributed by atoms with Crippen LogP contribution in [0.5, 0.6) is 0 Å². The Bertz CT molecular complexity index is 910. The van der Waals surface area contributed by atoms with Crippen molar-refractivity contribution in [1.82, 2.24) is 14.6 Å². The molecular formula is C20H22ClN3O. The van der Waals surface area contributed by atoms with Crippen LogP contribution in [0, 0.1) is 0 Å². The van der Waals surface area contributed by atoms with Gasteiger partial charge in [-0.1, -0.05) is 43.6 Å². The molecule has 1 aliphatic rings. The van der Waals surface area contributed by atoms with Crippen molar-refractivity contribution in [2.24, 2.45) is 0 Å². The molecule has 4 nitrogen and oxygen atoms in total. The van der Waals surface area contributed by atoms with Gasteiger partial charge in [0.1, 0.15) is 5.82 Å². The van der Waals surface area contributed by atoms with Crippen molar-refractivity contribution in [3.63, 3.8) is 0 Å². The molecule has 0 unspecified atom stereocenters. The molecule has 0 aliphatic heterocycles. The zero-order chi connectivity index (χ0) is 17.7. The molecule has 1 aromatic carbocycles. The second-order valence-electron chi connectivity index (χ2n) is 7.59. The van der Waals surface area contributed by atoms with Crippen LogP contribution in [0.25, 0.3) is 5.65 Å². The van der Waals surface area contributed by atoms with Crippen LogP contribution in [0.15, 0.2) is 42.6 Å². The fraction of sp³-hybridized carbons (Fsp3) is 0.400. The highest BCUT2D eigenvalue weighted by Gasteiger charge is 2.49. The van der Waals surface area contributed by atoms with Gasteiger partial charge in [-0.25, -0.2) is 0 Å². The van der Waals surface area contributed by atoms with Gasteiger partial charge in [-0.2, -0.15) is 0 Å². The van der Waals surface area contributed by atoms with Crippen molar-refractivity contribution < 1.29 is 5.11 Å². The lowest BCUT2D eigenvalue weighted by atomic mass is 9.82. The van der Waals surface area contributed by atoms with Crippen molar-refractivity contribution in [2.45, 2.75) is 43.9 Å². The van der Waals surface area contributed by atoms with E-state index in [9.17, 15) is 5.11 Å². The lowest BCUT2D eigenvalue weighted by Crippen LogP contribution is -2.20. The van der Waals surface area contributed by atoms with Crippen molar-refractivity contribution in [2.75, 3.05) is 6.61 Å². The standard InChI is InChI=1S/C20H22ClN3O/c1-19(2,11-13-25)16-4-3-12-24-17(16)22-23-18(24)20(9-10-20)14-5-7-15(21)8-6-14/h3-8,12,25H,9-11,13H2,1-2H3. The van der Waals surface area contributed by atoms with Gasteiger partial charge < -0.3 is 5.11 Å². The molecule has 0 saturated heterocycles. The zero-order valence-electron chi connectivity index (χ0n) is 14.5. The average Bonchev–Trinajstić information content (AvgIpc) is 3.27. The normalized spacial score (nSPS) is 16.3.